The summed E-state index contributed by atoms with van der Waals surface area (Å²) in [5, 5.41) is 70.8. The number of aromatic carboxylic acids is 5. The zero-order chi connectivity index (χ0) is 93.0. The molecule has 0 amide bonds. The molecule has 12 heterocycles. The number of rotatable bonds is 15. The van der Waals surface area contributed by atoms with Crippen LogP contribution in [0, 0.1) is 41.8 Å². The number of aryl methyl sites for hydroxylation is 1. The van der Waals surface area contributed by atoms with Crippen LogP contribution in [0.15, 0.2) is 230 Å². The normalized spacial score (nSPS) is 11.7. The fraction of sp³-hybridized carbons (Fsp3) is 0.111. The van der Waals surface area contributed by atoms with E-state index in [9.17, 15) is 68.3 Å². The maximum absolute atomic E-state index is 13.2. The van der Waals surface area contributed by atoms with Crippen LogP contribution in [0.25, 0.3) is 107 Å². The summed E-state index contributed by atoms with van der Waals surface area (Å²) in [4.78, 5) is 90.6. The van der Waals surface area contributed by atoms with Crippen LogP contribution in [-0.2, 0) is 10.9 Å². The quantitative estimate of drug-likeness (QED) is 0.0470. The number of hydrogen-bond acceptors (Lipinski definition) is 19. The van der Waals surface area contributed by atoms with Gasteiger partial charge in [0.15, 0.2) is 68.0 Å². The second kappa shape index (κ2) is 37.3. The Balaban J connectivity index is 0.000000126. The topological polar surface area (TPSA) is 394 Å². The molecule has 1 aliphatic rings. The first kappa shape index (κ1) is 89.7. The summed E-state index contributed by atoms with van der Waals surface area (Å²) >= 11 is 3.39. The number of imidazole rings is 6. The molecule has 0 aliphatic heterocycles. The van der Waals surface area contributed by atoms with Gasteiger partial charge in [-0.05, 0) is 248 Å². The first-order valence-corrected chi connectivity index (χ1v) is 39.3. The van der Waals surface area contributed by atoms with Gasteiger partial charge in [0.25, 0.3) is 0 Å². The lowest BCUT2D eigenvalue weighted by Gasteiger charge is -2.10. The summed E-state index contributed by atoms with van der Waals surface area (Å²) in [5.74, 6) is -7.96. The zero-order valence-corrected chi connectivity index (χ0v) is 69.6. The minimum absolute atomic E-state index is 0.0225. The monoisotopic (exact) mass is 1840 g/mol. The number of methoxy groups -OCH3 is 1. The van der Waals surface area contributed by atoms with E-state index in [4.69, 9.17) is 25.5 Å². The molecule has 18 aromatic rings. The van der Waals surface area contributed by atoms with E-state index in [0.29, 0.717) is 72.7 Å². The van der Waals surface area contributed by atoms with Crippen molar-refractivity contribution in [1.29, 1.82) is 0 Å². The summed E-state index contributed by atoms with van der Waals surface area (Å²) < 4.78 is 131. The molecule has 40 heteroatoms. The molecule has 12 aromatic heterocycles. The van der Waals surface area contributed by atoms with Crippen LogP contribution in [0.1, 0.15) is 136 Å². The molecule has 130 heavy (non-hydrogen) atoms. The van der Waals surface area contributed by atoms with Gasteiger partial charge in [0.2, 0.25) is 0 Å². The van der Waals surface area contributed by atoms with E-state index in [1.165, 1.54) is 133 Å². The Bertz CT molecular complexity index is 7310. The number of benzene rings is 6. The molecule has 0 spiro atoms. The number of nitrogens with zero attached hydrogens (tertiary/aromatic N) is 18. The Morgan fingerprint density at radius 3 is 1.04 bits per heavy atom. The van der Waals surface area contributed by atoms with Crippen molar-refractivity contribution in [1.82, 2.24) is 87.6 Å². The first-order valence-electron chi connectivity index (χ1n) is 38.5. The number of carbonyl (C=O) groups excluding carboxylic acids is 1. The molecule has 1 aliphatic carbocycles. The van der Waals surface area contributed by atoms with Crippen LogP contribution in [-0.4, -0.2) is 156 Å². The Labute approximate surface area is 734 Å². The zero-order valence-electron chi connectivity index (χ0n) is 68.0. The average Bonchev–Trinajstić information content (AvgIpc) is 1.60. The molecular weight excluding hydrogens is 1780 g/mol. The summed E-state index contributed by atoms with van der Waals surface area (Å²) in [6.45, 7) is 11.5. The lowest BCUT2D eigenvalue weighted by Crippen LogP contribution is -2.10. The fourth-order valence-electron chi connectivity index (χ4n) is 13.0. The Kier molecular flexibility index (Phi) is 25.8. The van der Waals surface area contributed by atoms with Gasteiger partial charge in [0.05, 0.1) is 82.9 Å². The first-order chi connectivity index (χ1) is 61.9. The van der Waals surface area contributed by atoms with Crippen LogP contribution in [0.2, 0.25) is 0 Å². The van der Waals surface area contributed by atoms with Crippen molar-refractivity contribution < 1.29 is 98.6 Å². The van der Waals surface area contributed by atoms with E-state index in [1.807, 2.05) is 32.9 Å². The van der Waals surface area contributed by atoms with Crippen molar-refractivity contribution in [3.8, 4) is 67.5 Å². The van der Waals surface area contributed by atoms with E-state index in [1.54, 1.807) is 85.8 Å². The predicted octanol–water partition coefficient (Wildman–Crippen LogP) is 18.6. The number of allylic oxidation sites excluding steroid dienone is 1. The molecule has 0 unspecified atom stereocenters. The van der Waals surface area contributed by atoms with Gasteiger partial charge in [-0.3, -0.25) is 0 Å². The number of hydrogen-bond donors (Lipinski definition) is 5. The molecule has 19 rings (SSSR count). The van der Waals surface area contributed by atoms with Crippen molar-refractivity contribution in [3.05, 3.63) is 327 Å². The number of fused-ring (bicyclic) bond motifs is 6. The van der Waals surface area contributed by atoms with Crippen molar-refractivity contribution in [2.75, 3.05) is 7.11 Å². The lowest BCUT2D eigenvalue weighted by molar-refractivity contribution is -0.136. The second-order valence-corrected chi connectivity index (χ2v) is 29.9. The van der Waals surface area contributed by atoms with Gasteiger partial charge in [-0.15, -0.1) is 0 Å². The van der Waals surface area contributed by atoms with Gasteiger partial charge >= 0.3 is 42.0 Å². The summed E-state index contributed by atoms with van der Waals surface area (Å²) in [6, 6.07) is 44.6. The number of carboxylic acid groups (broad SMARTS) is 5. The Morgan fingerprint density at radius 1 is 0.392 bits per heavy atom. The van der Waals surface area contributed by atoms with Crippen molar-refractivity contribution in [3.63, 3.8) is 0 Å². The smallest absolute Gasteiger partial charge is 0.420 e. The highest BCUT2D eigenvalue weighted by atomic mass is 79.9. The van der Waals surface area contributed by atoms with Crippen molar-refractivity contribution in [2.45, 2.75) is 58.5 Å². The van der Waals surface area contributed by atoms with Gasteiger partial charge in [-0.2, -0.15) is 43.8 Å². The van der Waals surface area contributed by atoms with Crippen LogP contribution in [0.3, 0.4) is 0 Å². The molecule has 6 aromatic carbocycles. The third kappa shape index (κ3) is 20.4. The standard InChI is InChI=1S/C16H12FN3O2.C16H14FN3O2.C16H12FN3O2.C14H9BrFN3O2.C14H7F4N3O2.C14H10FN3O2/c17-11-5-3-10(4-6-11)13-7-12(9-1-2-9)15-18-14(16(21)22)8-20(15)19-13;2*1-9(2)12-7-13(10-3-5-11(17)6-4-10)19-20-8-14(16(21)22)18-15(12)20;1-21-14(20)12-7-19-13(17-12)10(15)6-11(18-19)8-2-4-9(16)5-3-8;15-8-3-1-7(2-4-8)10-5-9(14(16,17)18)12-19-11(13(22)23)6-21(12)20-10;1-8-6-11(9-2-4-10(15)5-3-9)17-18-7-12(14(19)20)16-13(8)18/h3-9H,1-2H2,(H,21,22);3-9H,1-2H3,(H,21,22);3-8H,1H2,2H3,(H,21,22);2-7H,1H3;1-6H,(H,22,23);2-7H,1H3,(H,19,20). The van der Waals surface area contributed by atoms with Crippen LogP contribution in [0.4, 0.5) is 39.5 Å². The van der Waals surface area contributed by atoms with E-state index >= 15 is 0 Å². The molecular formula is C90H64BrF9N18O12. The average molecular weight is 1840 g/mol. The van der Waals surface area contributed by atoms with E-state index in [0.717, 1.165) is 91.8 Å². The third-order valence-corrected chi connectivity index (χ3v) is 20.1. The molecule has 30 nitrogen and oxygen atoms in total. The minimum atomic E-state index is -4.75. The number of carboxylic acids is 5. The number of carbonyl (C=O) groups is 6. The van der Waals surface area contributed by atoms with Gasteiger partial charge in [0.1, 0.15) is 40.5 Å². The van der Waals surface area contributed by atoms with Gasteiger partial charge in [-0.25, -0.2) is 112 Å². The largest absolute Gasteiger partial charge is 0.476 e. The molecule has 0 bridgehead atoms. The Hall–Kier alpha value is -16.6. The maximum atomic E-state index is 13.2. The number of esters is 1. The Morgan fingerprint density at radius 2 is 0.677 bits per heavy atom. The molecule has 0 radical (unpaired) electrons. The molecule has 5 N–H and O–H groups in total. The number of ether oxygens (including phenoxy) is 1. The van der Waals surface area contributed by atoms with Crippen molar-refractivity contribution >= 4 is 91.2 Å². The van der Waals surface area contributed by atoms with Crippen LogP contribution >= 0.6 is 15.9 Å². The third-order valence-electron chi connectivity index (χ3n) is 19.5. The van der Waals surface area contributed by atoms with E-state index in [2.05, 4.69) is 87.7 Å². The molecule has 0 saturated heterocycles. The summed E-state index contributed by atoms with van der Waals surface area (Å²) in [7, 11) is 1.29. The highest BCUT2D eigenvalue weighted by Crippen LogP contribution is 2.43. The number of aromatic nitrogens is 18. The van der Waals surface area contributed by atoms with E-state index < -0.39 is 64.7 Å². The maximum Gasteiger partial charge on any atom is 0.420 e. The molecule has 1 fully saturated rings. The lowest BCUT2D eigenvalue weighted by atomic mass is 10.0. The van der Waals surface area contributed by atoms with E-state index in [-0.39, 0.29) is 74.7 Å². The van der Waals surface area contributed by atoms with Gasteiger partial charge in [0, 0.05) is 50.1 Å². The summed E-state index contributed by atoms with van der Waals surface area (Å²) in [5.41, 5.74) is 11.4. The predicted molar refractivity (Wildman–Crippen MR) is 455 cm³/mol. The van der Waals surface area contributed by atoms with Gasteiger partial charge < -0.3 is 30.3 Å². The van der Waals surface area contributed by atoms with Gasteiger partial charge in [-0.1, -0.05) is 20.4 Å². The molecule has 0 atom stereocenters. The SMILES string of the molecule is C=C(C)c1cc(-c2ccc(F)cc2)nn2cc(C(=O)O)nc12.CC(C)c1cc(-c2ccc(F)cc2)nn2cc(C(=O)O)nc12.COC(=O)c1cn2nc(-c3ccc(F)cc3)cc(Br)c2n1.Cc1cc(-c2ccc(F)cc2)nn2cc(C(=O)O)nc12.O=C(O)c1cn2nc(-c3ccc(F)cc3)cc(C(F)(F)F)c2n1.O=C(O)c1cn2nc(-c3ccc(F)cc3)cc(C3CC3)c2n1. The highest BCUT2D eigenvalue weighted by molar-refractivity contribution is 9.10. The van der Waals surface area contributed by atoms with Crippen LogP contribution in [0.5, 0.6) is 0 Å². The fourth-order valence-corrected chi connectivity index (χ4v) is 13.4. The highest BCUT2D eigenvalue weighted by Gasteiger charge is 2.36. The molecule has 656 valence electrons. The molecule has 1 saturated carbocycles. The summed E-state index contributed by atoms with van der Waals surface area (Å²) in [6.07, 6.45) is 5.26. The number of halogens is 10. The van der Waals surface area contributed by atoms with Crippen LogP contribution < -0.4 is 0 Å². The van der Waals surface area contributed by atoms with Crippen molar-refractivity contribution in [2.24, 2.45) is 0 Å². The minimum Gasteiger partial charge on any atom is -0.476 e. The second-order valence-electron chi connectivity index (χ2n) is 29.1. The number of alkyl halides is 3.